The van der Waals surface area contributed by atoms with E-state index in [1.165, 1.54) is 4.88 Å². The highest BCUT2D eigenvalue weighted by Gasteiger charge is 2.14. The number of halogens is 1. The molecule has 0 bridgehead atoms. The average Bonchev–Trinajstić information content (AvgIpc) is 3.14. The van der Waals surface area contributed by atoms with Crippen molar-refractivity contribution >= 4 is 34.0 Å². The molecule has 0 saturated heterocycles. The zero-order valence-corrected chi connectivity index (χ0v) is 13.3. The fraction of sp³-hybridized carbons (Fsp3) is 0.333. The van der Waals surface area contributed by atoms with Crippen molar-refractivity contribution in [1.29, 1.82) is 0 Å². The van der Waals surface area contributed by atoms with Crippen molar-refractivity contribution in [2.45, 2.75) is 25.8 Å². The number of para-hydroxylation sites is 1. The Labute approximate surface area is 132 Å². The second-order valence-corrected chi connectivity index (χ2v) is 5.93. The van der Waals surface area contributed by atoms with Gasteiger partial charge in [-0.2, -0.15) is 0 Å². The molecule has 2 heterocycles. The summed E-state index contributed by atoms with van der Waals surface area (Å²) in [4.78, 5) is 9.96. The maximum absolute atomic E-state index is 6.06. The summed E-state index contributed by atoms with van der Waals surface area (Å²) in [5.74, 6) is 2.05. The molecule has 21 heavy (non-hydrogen) atoms. The molecule has 0 aliphatic carbocycles. The molecule has 110 valence electrons. The first-order valence-electron chi connectivity index (χ1n) is 6.87. The minimum atomic E-state index is 0.376. The van der Waals surface area contributed by atoms with Crippen LogP contribution in [0.4, 0.5) is 0 Å². The van der Waals surface area contributed by atoms with Gasteiger partial charge in [0.15, 0.2) is 0 Å². The Balaban J connectivity index is 2.05. The van der Waals surface area contributed by atoms with E-state index >= 15 is 0 Å². The van der Waals surface area contributed by atoms with Crippen molar-refractivity contribution in [3.63, 3.8) is 0 Å². The van der Waals surface area contributed by atoms with Crippen LogP contribution in [0.3, 0.4) is 0 Å². The topological polar surface area (TPSA) is 39.9 Å². The Morgan fingerprint density at radius 2 is 2.29 bits per heavy atom. The molecule has 1 aromatic carbocycles. The fourth-order valence-electron chi connectivity index (χ4n) is 2.25. The van der Waals surface area contributed by atoms with Gasteiger partial charge in [0.1, 0.15) is 17.1 Å². The van der Waals surface area contributed by atoms with Crippen LogP contribution in [0.2, 0.25) is 0 Å². The second-order valence-electron chi connectivity index (χ2n) is 4.69. The molecule has 0 aliphatic rings. The Hall–Kier alpha value is -1.59. The molecule has 0 radical (unpaired) electrons. The first-order chi connectivity index (χ1) is 10.3. The minimum Gasteiger partial charge on any atom is -0.491 e. The Kier molecular flexibility index (Phi) is 4.41. The van der Waals surface area contributed by atoms with Crippen LogP contribution in [0.25, 0.3) is 11.0 Å². The van der Waals surface area contributed by atoms with Crippen LogP contribution >= 0.6 is 22.9 Å². The number of aromatic nitrogens is 3. The lowest BCUT2D eigenvalue weighted by atomic mass is 10.3. The van der Waals surface area contributed by atoms with Gasteiger partial charge >= 0.3 is 0 Å². The van der Waals surface area contributed by atoms with E-state index in [0.717, 1.165) is 35.6 Å². The van der Waals surface area contributed by atoms with E-state index in [-0.39, 0.29) is 0 Å². The molecule has 3 rings (SSSR count). The van der Waals surface area contributed by atoms with E-state index in [0.29, 0.717) is 12.5 Å². The van der Waals surface area contributed by atoms with E-state index < -0.39 is 0 Å². The van der Waals surface area contributed by atoms with Crippen LogP contribution in [0.1, 0.15) is 24.0 Å². The fourth-order valence-corrected chi connectivity index (χ4v) is 3.04. The number of alkyl halides is 1. The number of thiazole rings is 1. The monoisotopic (exact) mass is 321 g/mol. The van der Waals surface area contributed by atoms with Crippen molar-refractivity contribution < 1.29 is 4.74 Å². The van der Waals surface area contributed by atoms with Crippen molar-refractivity contribution in [2.75, 3.05) is 6.61 Å². The van der Waals surface area contributed by atoms with Gasteiger partial charge in [0.2, 0.25) is 0 Å². The molecule has 2 aromatic heterocycles. The van der Waals surface area contributed by atoms with Gasteiger partial charge in [0, 0.05) is 11.1 Å². The maximum Gasteiger partial charge on any atom is 0.147 e. The van der Waals surface area contributed by atoms with Gasteiger partial charge in [-0.3, -0.25) is 4.98 Å². The van der Waals surface area contributed by atoms with E-state index in [1.54, 1.807) is 11.3 Å². The Bertz CT molecular complexity index is 724. The second kappa shape index (κ2) is 6.45. The quantitative estimate of drug-likeness (QED) is 0.642. The number of hydrogen-bond donors (Lipinski definition) is 0. The van der Waals surface area contributed by atoms with Crippen LogP contribution in [0.5, 0.6) is 5.75 Å². The molecule has 3 aromatic rings. The summed E-state index contributed by atoms with van der Waals surface area (Å²) in [6, 6.07) is 6.01. The van der Waals surface area contributed by atoms with E-state index in [1.807, 2.05) is 23.8 Å². The highest BCUT2D eigenvalue weighted by Crippen LogP contribution is 2.28. The summed E-state index contributed by atoms with van der Waals surface area (Å²) in [7, 11) is 0. The van der Waals surface area contributed by atoms with Crippen molar-refractivity contribution in [1.82, 2.24) is 14.5 Å². The Morgan fingerprint density at radius 1 is 1.38 bits per heavy atom. The molecular formula is C15H16ClN3OS. The van der Waals surface area contributed by atoms with E-state index in [9.17, 15) is 0 Å². The lowest BCUT2D eigenvalue weighted by molar-refractivity contribution is 0.320. The third kappa shape index (κ3) is 2.89. The standard InChI is InChI=1S/C15H16ClN3OS/c1-2-6-20-13-5-3-4-12-15(13)18-14(7-16)19(12)9-11-8-17-10-21-11/h3-5,8,10H,2,6-7,9H2,1H3. The number of hydrogen-bond acceptors (Lipinski definition) is 4. The summed E-state index contributed by atoms with van der Waals surface area (Å²) in [6.45, 7) is 3.52. The molecule has 0 amide bonds. The molecule has 0 atom stereocenters. The van der Waals surface area contributed by atoms with Gasteiger partial charge in [0.05, 0.1) is 30.1 Å². The molecule has 0 spiro atoms. The summed E-state index contributed by atoms with van der Waals surface area (Å²) in [5.41, 5.74) is 3.77. The number of imidazole rings is 1. The van der Waals surface area contributed by atoms with Crippen LogP contribution in [0.15, 0.2) is 29.9 Å². The minimum absolute atomic E-state index is 0.376. The first kappa shape index (κ1) is 14.4. The van der Waals surface area contributed by atoms with Gasteiger partial charge in [-0.15, -0.1) is 22.9 Å². The van der Waals surface area contributed by atoms with Crippen LogP contribution in [0, 0.1) is 0 Å². The summed E-state index contributed by atoms with van der Waals surface area (Å²) in [6.07, 6.45) is 2.85. The zero-order valence-electron chi connectivity index (χ0n) is 11.8. The van der Waals surface area contributed by atoms with Gasteiger partial charge < -0.3 is 9.30 Å². The summed E-state index contributed by atoms with van der Waals surface area (Å²) in [5, 5.41) is 0. The van der Waals surface area contributed by atoms with Gasteiger partial charge in [-0.05, 0) is 18.6 Å². The van der Waals surface area contributed by atoms with Crippen molar-refractivity contribution in [3.05, 3.63) is 40.6 Å². The van der Waals surface area contributed by atoms with Gasteiger partial charge in [-0.1, -0.05) is 13.0 Å². The van der Waals surface area contributed by atoms with E-state index in [2.05, 4.69) is 27.5 Å². The SMILES string of the molecule is CCCOc1cccc2c1nc(CCl)n2Cc1cncs1. The largest absolute Gasteiger partial charge is 0.491 e. The van der Waals surface area contributed by atoms with Crippen LogP contribution in [-0.4, -0.2) is 21.1 Å². The number of fused-ring (bicyclic) bond motifs is 1. The van der Waals surface area contributed by atoms with Crippen molar-refractivity contribution in [2.24, 2.45) is 0 Å². The van der Waals surface area contributed by atoms with E-state index in [4.69, 9.17) is 16.3 Å². The summed E-state index contributed by atoms with van der Waals surface area (Å²) < 4.78 is 7.92. The molecule has 0 N–H and O–H groups in total. The lowest BCUT2D eigenvalue weighted by Crippen LogP contribution is -2.02. The maximum atomic E-state index is 6.06. The smallest absolute Gasteiger partial charge is 0.147 e. The van der Waals surface area contributed by atoms with Crippen LogP contribution in [-0.2, 0) is 12.4 Å². The normalized spacial score (nSPS) is 11.1. The number of rotatable bonds is 6. The number of benzene rings is 1. The molecule has 0 fully saturated rings. The third-order valence-corrected chi connectivity index (χ3v) is 4.20. The zero-order chi connectivity index (χ0) is 14.7. The molecule has 6 heteroatoms. The molecular weight excluding hydrogens is 306 g/mol. The first-order valence-corrected chi connectivity index (χ1v) is 8.29. The highest BCUT2D eigenvalue weighted by molar-refractivity contribution is 7.09. The summed E-state index contributed by atoms with van der Waals surface area (Å²) >= 11 is 7.70. The molecule has 0 saturated carbocycles. The number of nitrogens with zero attached hydrogens (tertiary/aromatic N) is 3. The molecule has 4 nitrogen and oxygen atoms in total. The highest BCUT2D eigenvalue weighted by atomic mass is 35.5. The predicted octanol–water partition coefficient (Wildman–Crippen LogP) is 4.07. The average molecular weight is 322 g/mol. The Morgan fingerprint density at radius 3 is 3.00 bits per heavy atom. The third-order valence-electron chi connectivity index (χ3n) is 3.20. The van der Waals surface area contributed by atoms with Gasteiger partial charge in [0.25, 0.3) is 0 Å². The van der Waals surface area contributed by atoms with Crippen LogP contribution < -0.4 is 4.74 Å². The number of ether oxygens (including phenoxy) is 1. The molecule has 0 unspecified atom stereocenters. The predicted molar refractivity (Wildman–Crippen MR) is 86.3 cm³/mol. The van der Waals surface area contributed by atoms with Gasteiger partial charge in [-0.25, -0.2) is 4.98 Å². The van der Waals surface area contributed by atoms with Crippen molar-refractivity contribution in [3.8, 4) is 5.75 Å². The molecule has 0 aliphatic heterocycles. The lowest BCUT2D eigenvalue weighted by Gasteiger charge is -2.07.